The minimum absolute atomic E-state index is 0.0105. The lowest BCUT2D eigenvalue weighted by atomic mass is 10.1. The molecule has 0 bridgehead atoms. The molecule has 0 spiro atoms. The van der Waals surface area contributed by atoms with E-state index in [0.717, 1.165) is 18.4 Å². The third kappa shape index (κ3) is 4.61. The van der Waals surface area contributed by atoms with Gasteiger partial charge in [-0.05, 0) is 62.4 Å². The number of nitrogens with one attached hydrogen (secondary N) is 1. The number of carbonyl (C=O) groups is 1. The van der Waals surface area contributed by atoms with Gasteiger partial charge in [-0.25, -0.2) is 0 Å². The van der Waals surface area contributed by atoms with Gasteiger partial charge < -0.3 is 19.5 Å². The first-order valence-electron chi connectivity index (χ1n) is 10.9. The molecule has 170 valence electrons. The molecule has 2 aromatic heterocycles. The van der Waals surface area contributed by atoms with Crippen LogP contribution in [0, 0.1) is 0 Å². The van der Waals surface area contributed by atoms with E-state index in [0.29, 0.717) is 48.1 Å². The van der Waals surface area contributed by atoms with E-state index in [1.54, 1.807) is 24.8 Å². The molecule has 1 unspecified atom stereocenters. The normalized spacial score (nSPS) is 15.1. The average Bonchev–Trinajstić information content (AvgIpc) is 3.35. The molecule has 1 atom stereocenters. The Labute approximate surface area is 187 Å². The lowest BCUT2D eigenvalue weighted by Gasteiger charge is -2.16. The first-order valence-corrected chi connectivity index (χ1v) is 10.9. The highest BCUT2D eigenvalue weighted by Gasteiger charge is 2.26. The first kappa shape index (κ1) is 21.9. The van der Waals surface area contributed by atoms with Gasteiger partial charge in [-0.1, -0.05) is 0 Å². The zero-order chi connectivity index (χ0) is 22.7. The molecular formula is C23H29N5O4. The molecule has 4 rings (SSSR count). The number of hydrogen-bond acceptors (Lipinski definition) is 7. The van der Waals surface area contributed by atoms with Crippen molar-refractivity contribution in [2.24, 2.45) is 0 Å². The van der Waals surface area contributed by atoms with Crippen LogP contribution < -0.4 is 19.5 Å². The van der Waals surface area contributed by atoms with Crippen molar-refractivity contribution in [2.45, 2.75) is 58.1 Å². The van der Waals surface area contributed by atoms with Gasteiger partial charge in [0, 0.05) is 18.9 Å². The van der Waals surface area contributed by atoms with Gasteiger partial charge in [0.2, 0.25) is 11.8 Å². The number of aryl methyl sites for hydroxylation is 2. The van der Waals surface area contributed by atoms with Crippen molar-refractivity contribution in [3.05, 3.63) is 41.2 Å². The van der Waals surface area contributed by atoms with Crippen molar-refractivity contribution < 1.29 is 19.0 Å². The maximum absolute atomic E-state index is 12.6. The molecule has 1 aliphatic rings. The minimum atomic E-state index is -0.0105. The summed E-state index contributed by atoms with van der Waals surface area (Å²) in [5.74, 6) is 2.65. The summed E-state index contributed by atoms with van der Waals surface area (Å²) in [6.45, 7) is 3.90. The molecule has 0 saturated carbocycles. The molecule has 9 nitrogen and oxygen atoms in total. The van der Waals surface area contributed by atoms with Gasteiger partial charge >= 0.3 is 0 Å². The second-order valence-electron chi connectivity index (χ2n) is 8.14. The highest BCUT2D eigenvalue weighted by molar-refractivity contribution is 5.76. The SMILES string of the molecule is COc1cc2c(cc1OC)C(NC(=O)CCCc1nnc3ccc(OC(C)C)nn13)CC2. The van der Waals surface area contributed by atoms with Crippen LogP contribution in [-0.2, 0) is 17.6 Å². The van der Waals surface area contributed by atoms with Crippen LogP contribution in [0.3, 0.4) is 0 Å². The van der Waals surface area contributed by atoms with Gasteiger partial charge in [0.15, 0.2) is 23.0 Å². The summed E-state index contributed by atoms with van der Waals surface area (Å²) >= 11 is 0. The van der Waals surface area contributed by atoms with Crippen molar-refractivity contribution in [2.75, 3.05) is 14.2 Å². The van der Waals surface area contributed by atoms with Gasteiger partial charge in [-0.3, -0.25) is 4.79 Å². The van der Waals surface area contributed by atoms with Crippen LogP contribution in [0.1, 0.15) is 56.1 Å². The van der Waals surface area contributed by atoms with Gasteiger partial charge in [0.25, 0.3) is 0 Å². The Kier molecular flexibility index (Phi) is 6.43. The van der Waals surface area contributed by atoms with Crippen LogP contribution in [0.25, 0.3) is 5.65 Å². The number of fused-ring (bicyclic) bond motifs is 2. The van der Waals surface area contributed by atoms with E-state index >= 15 is 0 Å². The Bertz CT molecular complexity index is 1110. The second kappa shape index (κ2) is 9.42. The van der Waals surface area contributed by atoms with Crippen LogP contribution in [0.4, 0.5) is 0 Å². The Balaban J connectivity index is 1.35. The summed E-state index contributed by atoms with van der Waals surface area (Å²) in [4.78, 5) is 12.6. The summed E-state index contributed by atoms with van der Waals surface area (Å²) in [7, 11) is 3.25. The van der Waals surface area contributed by atoms with Crippen molar-refractivity contribution in [3.8, 4) is 17.4 Å². The molecule has 1 N–H and O–H groups in total. The van der Waals surface area contributed by atoms with E-state index < -0.39 is 0 Å². The minimum Gasteiger partial charge on any atom is -0.493 e. The molecule has 0 fully saturated rings. The highest BCUT2D eigenvalue weighted by atomic mass is 16.5. The Morgan fingerprint density at radius 3 is 2.72 bits per heavy atom. The van der Waals surface area contributed by atoms with Gasteiger partial charge in [0.05, 0.1) is 26.4 Å². The van der Waals surface area contributed by atoms with E-state index in [1.165, 1.54) is 5.56 Å². The van der Waals surface area contributed by atoms with Crippen molar-refractivity contribution in [1.29, 1.82) is 0 Å². The number of benzene rings is 1. The summed E-state index contributed by atoms with van der Waals surface area (Å²) < 4.78 is 18.1. The quantitative estimate of drug-likeness (QED) is 0.547. The molecule has 0 aliphatic heterocycles. The number of amides is 1. The summed E-state index contributed by atoms with van der Waals surface area (Å²) in [6, 6.07) is 7.57. The predicted octanol–water partition coefficient (Wildman–Crippen LogP) is 3.06. The molecule has 1 aromatic carbocycles. The van der Waals surface area contributed by atoms with E-state index in [-0.39, 0.29) is 18.1 Å². The molecular weight excluding hydrogens is 410 g/mol. The Morgan fingerprint density at radius 1 is 1.19 bits per heavy atom. The van der Waals surface area contributed by atoms with E-state index in [2.05, 4.69) is 20.6 Å². The van der Waals surface area contributed by atoms with Crippen molar-refractivity contribution in [3.63, 3.8) is 0 Å². The van der Waals surface area contributed by atoms with Gasteiger partial charge in [-0.15, -0.1) is 15.3 Å². The van der Waals surface area contributed by atoms with Crippen LogP contribution in [0.5, 0.6) is 17.4 Å². The number of methoxy groups -OCH3 is 2. The first-order chi connectivity index (χ1) is 15.5. The predicted molar refractivity (Wildman–Crippen MR) is 118 cm³/mol. The molecule has 3 aromatic rings. The molecule has 0 radical (unpaired) electrons. The maximum Gasteiger partial charge on any atom is 0.232 e. The second-order valence-corrected chi connectivity index (χ2v) is 8.14. The molecule has 1 aliphatic carbocycles. The fourth-order valence-corrected chi connectivity index (χ4v) is 4.03. The largest absolute Gasteiger partial charge is 0.493 e. The van der Waals surface area contributed by atoms with Gasteiger partial charge in [0.1, 0.15) is 0 Å². The third-order valence-corrected chi connectivity index (χ3v) is 5.52. The smallest absolute Gasteiger partial charge is 0.232 e. The number of carbonyl (C=O) groups excluding carboxylic acids is 1. The maximum atomic E-state index is 12.6. The number of hydrogen-bond donors (Lipinski definition) is 1. The Morgan fingerprint density at radius 2 is 1.97 bits per heavy atom. The van der Waals surface area contributed by atoms with E-state index in [9.17, 15) is 4.79 Å². The summed E-state index contributed by atoms with van der Waals surface area (Å²) in [5.41, 5.74) is 2.95. The van der Waals surface area contributed by atoms with Crippen molar-refractivity contribution >= 4 is 11.6 Å². The number of aromatic nitrogens is 4. The number of rotatable bonds is 9. The van der Waals surface area contributed by atoms with Crippen LogP contribution in [0.2, 0.25) is 0 Å². The number of nitrogens with zero attached hydrogens (tertiary/aromatic N) is 4. The van der Waals surface area contributed by atoms with Gasteiger partial charge in [-0.2, -0.15) is 4.52 Å². The zero-order valence-corrected chi connectivity index (χ0v) is 18.9. The topological polar surface area (TPSA) is 99.9 Å². The summed E-state index contributed by atoms with van der Waals surface area (Å²) in [6.07, 6.45) is 3.45. The molecule has 2 heterocycles. The molecule has 1 amide bonds. The van der Waals surface area contributed by atoms with Crippen molar-refractivity contribution in [1.82, 2.24) is 25.1 Å². The van der Waals surface area contributed by atoms with E-state index in [4.69, 9.17) is 14.2 Å². The fourth-order valence-electron chi connectivity index (χ4n) is 4.03. The van der Waals surface area contributed by atoms with E-state index in [1.807, 2.05) is 32.0 Å². The molecule has 0 saturated heterocycles. The zero-order valence-electron chi connectivity index (χ0n) is 18.9. The lowest BCUT2D eigenvalue weighted by Crippen LogP contribution is -2.27. The molecule has 32 heavy (non-hydrogen) atoms. The highest BCUT2D eigenvalue weighted by Crippen LogP contribution is 2.39. The molecule has 9 heteroatoms. The Hall–Kier alpha value is -3.36. The van der Waals surface area contributed by atoms with Crippen LogP contribution in [0.15, 0.2) is 24.3 Å². The standard InChI is InChI=1S/C23H29N5O4/c1-14(2)32-23-11-10-21-26-25-20(28(21)27-23)6-5-7-22(29)24-17-9-8-15-12-18(30-3)19(31-4)13-16(15)17/h10-14,17H,5-9H2,1-4H3,(H,24,29). The fraction of sp³-hybridized carbons (Fsp3) is 0.478. The average molecular weight is 440 g/mol. The number of ether oxygens (including phenoxy) is 3. The monoisotopic (exact) mass is 439 g/mol. The lowest BCUT2D eigenvalue weighted by molar-refractivity contribution is -0.121. The van der Waals surface area contributed by atoms with Crippen LogP contribution >= 0.6 is 0 Å². The van der Waals surface area contributed by atoms with Crippen LogP contribution in [-0.4, -0.2) is 46.0 Å². The summed E-state index contributed by atoms with van der Waals surface area (Å²) in [5, 5.41) is 16.0. The third-order valence-electron chi connectivity index (χ3n) is 5.52.